The van der Waals surface area contributed by atoms with Crippen LogP contribution < -0.4 is 5.32 Å². The van der Waals surface area contributed by atoms with Crippen LogP contribution in [0.4, 0.5) is 0 Å². The topological polar surface area (TPSA) is 62.1 Å². The third-order valence-electron chi connectivity index (χ3n) is 3.58. The molecule has 1 aromatic carbocycles. The smallest absolute Gasteiger partial charge is 0.326 e. The van der Waals surface area contributed by atoms with E-state index in [2.05, 4.69) is 27.3 Å². The number of nitrogens with one attached hydrogen (secondary N) is 1. The number of carbonyl (C=O) groups is 1. The van der Waals surface area contributed by atoms with E-state index in [1.54, 1.807) is 12.1 Å². The fourth-order valence-electron chi connectivity index (χ4n) is 2.20. The predicted octanol–water partition coefficient (Wildman–Crippen LogP) is 2.51. The standard InChI is InChI=1S/C14H15BrN2O2/c1-19-13(18)14(5-2-6-14)17-9-11-4-3-10(8-16)7-12(11)15/h3-4,7,17H,2,5-6,9H2,1H3. The number of rotatable bonds is 4. The molecular weight excluding hydrogens is 308 g/mol. The fraction of sp³-hybridized carbons (Fsp3) is 0.429. The van der Waals surface area contributed by atoms with Gasteiger partial charge in [-0.1, -0.05) is 22.0 Å². The van der Waals surface area contributed by atoms with E-state index in [0.717, 1.165) is 29.3 Å². The van der Waals surface area contributed by atoms with Crippen molar-refractivity contribution >= 4 is 21.9 Å². The molecule has 0 saturated heterocycles. The van der Waals surface area contributed by atoms with Gasteiger partial charge < -0.3 is 4.74 Å². The molecule has 0 spiro atoms. The minimum Gasteiger partial charge on any atom is -0.468 e. The number of methoxy groups -OCH3 is 1. The van der Waals surface area contributed by atoms with Gasteiger partial charge in [0.05, 0.1) is 18.7 Å². The minimum atomic E-state index is -0.526. The monoisotopic (exact) mass is 322 g/mol. The summed E-state index contributed by atoms with van der Waals surface area (Å²) in [6, 6.07) is 7.53. The quantitative estimate of drug-likeness (QED) is 0.865. The summed E-state index contributed by atoms with van der Waals surface area (Å²) in [4.78, 5) is 11.8. The zero-order valence-corrected chi connectivity index (χ0v) is 12.3. The summed E-state index contributed by atoms with van der Waals surface area (Å²) in [7, 11) is 1.42. The lowest BCUT2D eigenvalue weighted by Gasteiger charge is -2.39. The van der Waals surface area contributed by atoms with Gasteiger partial charge >= 0.3 is 5.97 Å². The van der Waals surface area contributed by atoms with Gasteiger partial charge in [0.2, 0.25) is 0 Å². The molecule has 4 nitrogen and oxygen atoms in total. The van der Waals surface area contributed by atoms with Crippen molar-refractivity contribution in [1.29, 1.82) is 5.26 Å². The van der Waals surface area contributed by atoms with Crippen LogP contribution in [0.2, 0.25) is 0 Å². The van der Waals surface area contributed by atoms with Gasteiger partial charge in [-0.2, -0.15) is 5.26 Å². The van der Waals surface area contributed by atoms with Crippen molar-refractivity contribution in [3.05, 3.63) is 33.8 Å². The molecular formula is C14H15BrN2O2. The van der Waals surface area contributed by atoms with Crippen LogP contribution in [0.25, 0.3) is 0 Å². The second-order valence-corrected chi connectivity index (χ2v) is 5.55. The molecule has 0 aliphatic heterocycles. The van der Waals surface area contributed by atoms with E-state index in [1.165, 1.54) is 7.11 Å². The van der Waals surface area contributed by atoms with Crippen molar-refractivity contribution < 1.29 is 9.53 Å². The maximum absolute atomic E-state index is 11.8. The van der Waals surface area contributed by atoms with E-state index in [0.29, 0.717) is 12.1 Å². The molecule has 100 valence electrons. The summed E-state index contributed by atoms with van der Waals surface area (Å²) < 4.78 is 5.73. The second-order valence-electron chi connectivity index (χ2n) is 4.70. The van der Waals surface area contributed by atoms with Crippen LogP contribution in [-0.2, 0) is 16.1 Å². The molecule has 0 heterocycles. The maximum atomic E-state index is 11.8. The highest BCUT2D eigenvalue weighted by Crippen LogP contribution is 2.33. The highest BCUT2D eigenvalue weighted by molar-refractivity contribution is 9.10. The molecule has 0 bridgehead atoms. The van der Waals surface area contributed by atoms with E-state index >= 15 is 0 Å². The first-order valence-corrected chi connectivity index (χ1v) is 6.92. The van der Waals surface area contributed by atoms with Gasteiger partial charge in [-0.05, 0) is 37.0 Å². The summed E-state index contributed by atoms with van der Waals surface area (Å²) in [5.74, 6) is -0.191. The second kappa shape index (κ2) is 5.72. The number of benzene rings is 1. The van der Waals surface area contributed by atoms with Crippen molar-refractivity contribution in [2.24, 2.45) is 0 Å². The molecule has 0 amide bonds. The Morgan fingerprint density at radius 2 is 2.32 bits per heavy atom. The molecule has 19 heavy (non-hydrogen) atoms. The van der Waals surface area contributed by atoms with Crippen molar-refractivity contribution in [2.75, 3.05) is 7.11 Å². The molecule has 1 aliphatic carbocycles. The molecule has 1 fully saturated rings. The van der Waals surface area contributed by atoms with E-state index < -0.39 is 5.54 Å². The van der Waals surface area contributed by atoms with Crippen molar-refractivity contribution in [1.82, 2.24) is 5.32 Å². The van der Waals surface area contributed by atoms with Crippen LogP contribution in [-0.4, -0.2) is 18.6 Å². The van der Waals surface area contributed by atoms with Gasteiger partial charge in [0.1, 0.15) is 5.54 Å². The summed E-state index contributed by atoms with van der Waals surface area (Å²) in [5, 5.41) is 12.1. The maximum Gasteiger partial charge on any atom is 0.326 e. The van der Waals surface area contributed by atoms with E-state index in [9.17, 15) is 4.79 Å². The number of hydrogen-bond donors (Lipinski definition) is 1. The summed E-state index contributed by atoms with van der Waals surface area (Å²) >= 11 is 3.44. The van der Waals surface area contributed by atoms with Gasteiger partial charge in [0, 0.05) is 11.0 Å². The van der Waals surface area contributed by atoms with Gasteiger partial charge in [0.15, 0.2) is 0 Å². The van der Waals surface area contributed by atoms with Crippen LogP contribution >= 0.6 is 15.9 Å². The van der Waals surface area contributed by atoms with E-state index in [1.807, 2.05) is 6.07 Å². The lowest BCUT2D eigenvalue weighted by molar-refractivity contribution is -0.152. The molecule has 2 rings (SSSR count). The van der Waals surface area contributed by atoms with Crippen LogP contribution in [0.1, 0.15) is 30.4 Å². The average Bonchev–Trinajstić information content (AvgIpc) is 2.38. The zero-order valence-electron chi connectivity index (χ0n) is 10.7. The Morgan fingerprint density at radius 3 is 2.79 bits per heavy atom. The lowest BCUT2D eigenvalue weighted by atomic mass is 9.76. The number of ether oxygens (including phenoxy) is 1. The normalized spacial score (nSPS) is 16.3. The zero-order chi connectivity index (χ0) is 13.9. The first-order chi connectivity index (χ1) is 9.11. The molecule has 0 atom stereocenters. The van der Waals surface area contributed by atoms with Crippen LogP contribution in [0.15, 0.2) is 22.7 Å². The predicted molar refractivity (Wildman–Crippen MR) is 74.3 cm³/mol. The van der Waals surface area contributed by atoms with E-state index in [4.69, 9.17) is 10.00 Å². The molecule has 1 aromatic rings. The number of nitriles is 1. The van der Waals surface area contributed by atoms with Gasteiger partial charge in [-0.3, -0.25) is 10.1 Å². The first-order valence-electron chi connectivity index (χ1n) is 6.13. The molecule has 0 radical (unpaired) electrons. The van der Waals surface area contributed by atoms with E-state index in [-0.39, 0.29) is 5.97 Å². The lowest BCUT2D eigenvalue weighted by Crippen LogP contribution is -2.57. The highest BCUT2D eigenvalue weighted by atomic mass is 79.9. The summed E-state index contributed by atoms with van der Waals surface area (Å²) in [6.07, 6.45) is 2.66. The molecule has 1 aliphatic rings. The highest BCUT2D eigenvalue weighted by Gasteiger charge is 2.44. The number of esters is 1. The summed E-state index contributed by atoms with van der Waals surface area (Å²) in [6.45, 7) is 0.571. The van der Waals surface area contributed by atoms with Crippen LogP contribution in [0, 0.1) is 11.3 Å². The Balaban J connectivity index is 2.06. The number of carbonyl (C=O) groups excluding carboxylic acids is 1. The first kappa shape index (κ1) is 14.0. The number of hydrogen-bond acceptors (Lipinski definition) is 4. The Morgan fingerprint density at radius 1 is 1.58 bits per heavy atom. The van der Waals surface area contributed by atoms with Gasteiger partial charge in [0.25, 0.3) is 0 Å². The van der Waals surface area contributed by atoms with Crippen molar-refractivity contribution in [3.63, 3.8) is 0 Å². The fourth-order valence-corrected chi connectivity index (χ4v) is 2.72. The molecule has 0 unspecified atom stereocenters. The molecule has 1 N–H and O–H groups in total. The third kappa shape index (κ3) is 2.80. The molecule has 0 aromatic heterocycles. The Kier molecular flexibility index (Phi) is 4.23. The third-order valence-corrected chi connectivity index (χ3v) is 4.32. The largest absolute Gasteiger partial charge is 0.468 e. The molecule has 1 saturated carbocycles. The Bertz CT molecular complexity index is 533. The van der Waals surface area contributed by atoms with Crippen LogP contribution in [0.5, 0.6) is 0 Å². The Hall–Kier alpha value is -1.38. The average molecular weight is 323 g/mol. The molecule has 5 heteroatoms. The Labute approximate surface area is 120 Å². The van der Waals surface area contributed by atoms with Gasteiger partial charge in [-0.15, -0.1) is 0 Å². The van der Waals surface area contributed by atoms with Crippen LogP contribution in [0.3, 0.4) is 0 Å². The van der Waals surface area contributed by atoms with Gasteiger partial charge in [-0.25, -0.2) is 0 Å². The number of halogens is 1. The minimum absolute atomic E-state index is 0.191. The van der Waals surface area contributed by atoms with Crippen molar-refractivity contribution in [3.8, 4) is 6.07 Å². The SMILES string of the molecule is COC(=O)C1(NCc2ccc(C#N)cc2Br)CCC1. The van der Waals surface area contributed by atoms with Crippen molar-refractivity contribution in [2.45, 2.75) is 31.3 Å². The summed E-state index contributed by atoms with van der Waals surface area (Å²) in [5.41, 5.74) is 1.11. The number of nitrogens with zero attached hydrogens (tertiary/aromatic N) is 1.